The van der Waals surface area contributed by atoms with E-state index in [0.29, 0.717) is 0 Å². The molecule has 0 aromatic rings. The van der Waals surface area contributed by atoms with Crippen LogP contribution in [-0.2, 0) is 99.6 Å². The van der Waals surface area contributed by atoms with E-state index >= 15 is 0 Å². The first-order chi connectivity index (χ1) is 39.0. The Morgan fingerprint density at radius 1 is 0.439 bits per heavy atom. The Labute approximate surface area is 479 Å². The summed E-state index contributed by atoms with van der Waals surface area (Å²) in [6.45, 7) is 19.6. The summed E-state index contributed by atoms with van der Waals surface area (Å²) in [7, 11) is 7.86. The molecule has 29 heteroatoms. The van der Waals surface area contributed by atoms with Crippen molar-refractivity contribution in [2.75, 3.05) is 55.3 Å². The first-order valence-corrected chi connectivity index (χ1v) is 28.1. The highest BCUT2D eigenvalue weighted by atomic mass is 16.8. The van der Waals surface area contributed by atoms with Crippen LogP contribution < -0.4 is 5.32 Å². The minimum absolute atomic E-state index is 0.0861. The molecule has 30 atom stereocenters. The SMILES string of the molecule is CNC1[C@@H](OC)OC(COC(C)=O)[C@@H](O[C@@H]2OC(C)[C@@H](O[C@@H]3OC(COC(C)=O)[C@@H](O[C@@H]4OC(C)[C@@H](O[C@@H]5OC(COC(C)=O)[C@@H](O[C@@H]6OC(C)[C@@H](O)[C@@H](OC)C6C)[C@H](C)C5N=[N+]=[N-])[C@@H](OC)C4C)[C@H](C)C3N=[N+]=[N-])[C@@H](OC)C2C)[C@@H]1C. The molecule has 6 saturated heterocycles. The van der Waals surface area contributed by atoms with Gasteiger partial charge in [0.25, 0.3) is 0 Å². The van der Waals surface area contributed by atoms with Gasteiger partial charge in [-0.3, -0.25) is 14.4 Å². The van der Waals surface area contributed by atoms with Gasteiger partial charge in [-0.1, -0.05) is 51.8 Å². The number of nitrogens with one attached hydrogen (secondary N) is 1. The minimum atomic E-state index is -1.24. The third-order valence-corrected chi connectivity index (χ3v) is 16.9. The van der Waals surface area contributed by atoms with Gasteiger partial charge in [0.2, 0.25) is 0 Å². The zero-order chi connectivity index (χ0) is 60.4. The van der Waals surface area contributed by atoms with E-state index in [1.54, 1.807) is 41.7 Å². The number of ether oxygens (including phenoxy) is 18. The average Bonchev–Trinajstić information content (AvgIpc) is 3.59. The number of esters is 3. The molecule has 6 heterocycles. The molecule has 0 aliphatic carbocycles. The van der Waals surface area contributed by atoms with Gasteiger partial charge >= 0.3 is 17.9 Å². The molecule has 82 heavy (non-hydrogen) atoms. The number of methoxy groups -OCH3 is 4. The first-order valence-electron chi connectivity index (χ1n) is 28.1. The van der Waals surface area contributed by atoms with Gasteiger partial charge in [0, 0.05) is 82.7 Å². The molecule has 6 fully saturated rings. The Morgan fingerprint density at radius 2 is 0.768 bits per heavy atom. The number of aliphatic hydroxyl groups is 1. The van der Waals surface area contributed by atoms with E-state index in [1.807, 2.05) is 27.7 Å². The number of likely N-dealkylation sites (N-methyl/N-ethyl adjacent to an activating group) is 1. The summed E-state index contributed by atoms with van der Waals surface area (Å²) in [4.78, 5) is 42.8. The second kappa shape index (κ2) is 30.6. The Bertz CT molecular complexity index is 2170. The van der Waals surface area contributed by atoms with Crippen LogP contribution in [0.15, 0.2) is 10.2 Å². The Kier molecular flexibility index (Phi) is 25.2. The summed E-state index contributed by atoms with van der Waals surface area (Å²) in [5.74, 6) is -4.68. The van der Waals surface area contributed by atoms with Gasteiger partial charge in [-0.25, -0.2) is 0 Å². The Balaban J connectivity index is 1.19. The van der Waals surface area contributed by atoms with Crippen molar-refractivity contribution in [1.29, 1.82) is 0 Å². The minimum Gasteiger partial charge on any atom is -0.463 e. The van der Waals surface area contributed by atoms with Crippen LogP contribution in [0, 0.1) is 35.5 Å². The van der Waals surface area contributed by atoms with Gasteiger partial charge in [0.1, 0.15) is 56.4 Å². The molecular formula is C53H89N7O22. The molecule has 0 radical (unpaired) electrons. The third kappa shape index (κ3) is 15.5. The number of carbonyl (C=O) groups is 3. The summed E-state index contributed by atoms with van der Waals surface area (Å²) >= 11 is 0. The van der Waals surface area contributed by atoms with Crippen molar-refractivity contribution in [1.82, 2.24) is 5.32 Å². The van der Waals surface area contributed by atoms with Gasteiger partial charge in [0.05, 0.1) is 73.1 Å². The van der Waals surface area contributed by atoms with Crippen molar-refractivity contribution >= 4 is 17.9 Å². The largest absolute Gasteiger partial charge is 0.463 e. The number of hydrogen-bond donors (Lipinski definition) is 2. The molecule has 0 amide bonds. The fourth-order valence-electron chi connectivity index (χ4n) is 12.3. The molecule has 29 nitrogen and oxygen atoms in total. The maximum atomic E-state index is 12.4. The lowest BCUT2D eigenvalue weighted by molar-refractivity contribution is -0.368. The highest BCUT2D eigenvalue weighted by Crippen LogP contribution is 2.43. The molecule has 6 rings (SSSR count). The van der Waals surface area contributed by atoms with Gasteiger partial charge in [-0.15, -0.1) is 0 Å². The number of azide groups is 2. The van der Waals surface area contributed by atoms with Crippen molar-refractivity contribution in [2.45, 2.75) is 231 Å². The summed E-state index contributed by atoms with van der Waals surface area (Å²) in [5.41, 5.74) is 19.9. The second-order valence-electron chi connectivity index (χ2n) is 22.4. The fourth-order valence-corrected chi connectivity index (χ4v) is 12.3. The highest BCUT2D eigenvalue weighted by molar-refractivity contribution is 5.66. The Morgan fingerprint density at radius 3 is 1.10 bits per heavy atom. The fraction of sp³-hybridized carbons (Fsp3) is 0.943. The molecule has 0 bridgehead atoms. The van der Waals surface area contributed by atoms with E-state index in [1.165, 1.54) is 49.2 Å². The van der Waals surface area contributed by atoms with E-state index in [9.17, 15) is 30.6 Å². The van der Waals surface area contributed by atoms with Crippen molar-refractivity contribution in [3.63, 3.8) is 0 Å². The molecular weight excluding hydrogens is 1090 g/mol. The first kappa shape index (κ1) is 67.5. The predicted molar refractivity (Wildman–Crippen MR) is 282 cm³/mol. The number of carbonyl (C=O) groups excluding carboxylic acids is 3. The summed E-state index contributed by atoms with van der Waals surface area (Å²) < 4.78 is 112. The van der Waals surface area contributed by atoms with E-state index in [0.717, 1.165) is 0 Å². The topological polar surface area (TPSA) is 347 Å². The molecule has 0 aromatic heterocycles. The van der Waals surface area contributed by atoms with Crippen molar-refractivity contribution in [3.05, 3.63) is 20.9 Å². The molecule has 2 N–H and O–H groups in total. The lowest BCUT2D eigenvalue weighted by Crippen LogP contribution is -2.64. The number of rotatable bonds is 23. The maximum Gasteiger partial charge on any atom is 0.302 e. The predicted octanol–water partition coefficient (Wildman–Crippen LogP) is 3.83. The summed E-state index contributed by atoms with van der Waals surface area (Å²) in [6.07, 6.45) is -17.9. The smallest absolute Gasteiger partial charge is 0.302 e. The number of nitrogens with zero attached hydrogens (tertiary/aromatic N) is 6. The van der Waals surface area contributed by atoms with E-state index in [-0.39, 0.29) is 31.8 Å². The van der Waals surface area contributed by atoms with Crippen molar-refractivity contribution in [2.24, 2.45) is 45.7 Å². The highest BCUT2D eigenvalue weighted by Gasteiger charge is 2.56. The lowest BCUT2D eigenvalue weighted by Gasteiger charge is -2.52. The molecule has 468 valence electrons. The van der Waals surface area contributed by atoms with Crippen LogP contribution >= 0.6 is 0 Å². The quantitative estimate of drug-likeness (QED) is 0.0482. The second-order valence-corrected chi connectivity index (χ2v) is 22.4. The van der Waals surface area contributed by atoms with Crippen LogP contribution in [0.1, 0.15) is 83.1 Å². The van der Waals surface area contributed by atoms with Crippen LogP contribution in [0.4, 0.5) is 0 Å². The molecule has 12 unspecified atom stereocenters. The summed E-state index contributed by atoms with van der Waals surface area (Å²) in [6, 6.07) is -2.32. The van der Waals surface area contributed by atoms with Gasteiger partial charge in [0.15, 0.2) is 37.7 Å². The average molecular weight is 1180 g/mol. The van der Waals surface area contributed by atoms with Gasteiger partial charge in [-0.2, -0.15) is 0 Å². The van der Waals surface area contributed by atoms with Gasteiger partial charge in [-0.05, 0) is 50.7 Å². The normalized spacial score (nSPS) is 45.2. The zero-order valence-corrected chi connectivity index (χ0v) is 50.1. The van der Waals surface area contributed by atoms with E-state index in [4.69, 9.17) is 85.3 Å². The van der Waals surface area contributed by atoms with Crippen LogP contribution in [0.3, 0.4) is 0 Å². The molecule has 0 spiro atoms. The number of aliphatic hydroxyl groups excluding tert-OH is 1. The van der Waals surface area contributed by atoms with Crippen LogP contribution in [-0.4, -0.2) is 226 Å². The number of hydrogen-bond acceptors (Lipinski definition) is 25. The third-order valence-electron chi connectivity index (χ3n) is 16.9. The van der Waals surface area contributed by atoms with Crippen molar-refractivity contribution in [3.8, 4) is 0 Å². The molecule has 0 saturated carbocycles. The van der Waals surface area contributed by atoms with Crippen LogP contribution in [0.2, 0.25) is 0 Å². The van der Waals surface area contributed by atoms with E-state index in [2.05, 4.69) is 25.4 Å². The van der Waals surface area contributed by atoms with Crippen molar-refractivity contribution < 1.29 is 105 Å². The van der Waals surface area contributed by atoms with Crippen LogP contribution in [0.25, 0.3) is 20.9 Å². The molecule has 6 aliphatic rings. The molecule has 0 aromatic carbocycles. The van der Waals surface area contributed by atoms with E-state index < -0.39 is 189 Å². The Hall–Kier alpha value is -3.65. The van der Waals surface area contributed by atoms with Gasteiger partial charge < -0.3 is 95.7 Å². The standard InChI is InChI=1S/C53H89N7O22/c1-21-36(56-13)51(68-17)75-33(18-69-30(10)61)40(21)78-49-25(5)44(66-15)46(28(8)73-49)81-53-38(58-60-55)23(3)42(35(77-53)20-71-32(12)63)80-50-26(6)45(67-16)47(29(9)74-50)82-52-37(57-59-54)22(2)41(34(76-52)19-70-31(11)62)79-48-24(4)43(65-14)39(64)27(7)72-48/h21-29,33-53,56,64H,18-20H2,1-17H3/t21-,22-,23-,24?,25?,26?,27?,28?,29?,33?,34?,35?,36?,37?,38?,39-,40+,41+,42+,43+,44+,45+,46-,47-,48+,49+,50+,51+,52+,53+/m1/s1. The lowest BCUT2D eigenvalue weighted by atomic mass is 9.87. The zero-order valence-electron chi connectivity index (χ0n) is 50.1. The monoisotopic (exact) mass is 1180 g/mol. The maximum absolute atomic E-state index is 12.4. The summed E-state index contributed by atoms with van der Waals surface area (Å²) in [5, 5.41) is 22.3. The van der Waals surface area contributed by atoms with Crippen LogP contribution in [0.5, 0.6) is 0 Å². The molecule has 6 aliphatic heterocycles.